The van der Waals surface area contributed by atoms with E-state index in [0.717, 1.165) is 19.3 Å². The number of hydrogen-bond donors (Lipinski definition) is 0. The first kappa shape index (κ1) is 16.2. The van der Waals surface area contributed by atoms with Crippen LogP contribution in [0.1, 0.15) is 49.9 Å². The highest BCUT2D eigenvalue weighted by molar-refractivity contribution is 7.89. The van der Waals surface area contributed by atoms with Crippen molar-refractivity contribution in [3.05, 3.63) is 29.8 Å². The molecule has 1 aliphatic rings. The normalized spacial score (nSPS) is 17.8. The molecule has 0 N–H and O–H groups in total. The van der Waals surface area contributed by atoms with Crippen molar-refractivity contribution in [2.45, 2.75) is 44.4 Å². The molecule has 4 nitrogen and oxygen atoms in total. The van der Waals surface area contributed by atoms with Crippen molar-refractivity contribution in [1.29, 1.82) is 0 Å². The average molecular weight is 309 g/mol. The molecule has 0 aromatic heterocycles. The van der Waals surface area contributed by atoms with Crippen molar-refractivity contribution >= 4 is 15.8 Å². The van der Waals surface area contributed by atoms with Crippen molar-refractivity contribution < 1.29 is 13.2 Å². The fourth-order valence-corrected chi connectivity index (χ4v) is 4.33. The summed E-state index contributed by atoms with van der Waals surface area (Å²) in [6.07, 6.45) is 4.22. The van der Waals surface area contributed by atoms with Crippen LogP contribution in [0.3, 0.4) is 0 Å². The molecule has 1 aliphatic heterocycles. The van der Waals surface area contributed by atoms with Gasteiger partial charge in [0.15, 0.2) is 5.78 Å². The molecule has 1 aromatic rings. The quantitative estimate of drug-likeness (QED) is 0.785. The summed E-state index contributed by atoms with van der Waals surface area (Å²) in [4.78, 5) is 11.5. The van der Waals surface area contributed by atoms with E-state index in [9.17, 15) is 13.2 Å². The third-order valence-corrected chi connectivity index (χ3v) is 6.08. The van der Waals surface area contributed by atoms with Gasteiger partial charge in [-0.3, -0.25) is 4.79 Å². The van der Waals surface area contributed by atoms with E-state index in [2.05, 4.69) is 6.92 Å². The largest absolute Gasteiger partial charge is 0.295 e. The summed E-state index contributed by atoms with van der Waals surface area (Å²) in [5, 5.41) is 0. The Hall–Kier alpha value is -1.20. The third kappa shape index (κ3) is 3.71. The number of piperidine rings is 1. The molecule has 2 rings (SSSR count). The van der Waals surface area contributed by atoms with E-state index in [4.69, 9.17) is 0 Å². The average Bonchev–Trinajstić information content (AvgIpc) is 2.48. The Bertz CT molecular complexity index is 584. The molecular formula is C16H23NO3S. The zero-order chi connectivity index (χ0) is 15.5. The van der Waals surface area contributed by atoms with Gasteiger partial charge in [0.1, 0.15) is 0 Å². The number of rotatable bonds is 5. The summed E-state index contributed by atoms with van der Waals surface area (Å²) in [5.41, 5.74) is 0.538. The molecule has 5 heteroatoms. The van der Waals surface area contributed by atoms with Crippen LogP contribution in [0.15, 0.2) is 29.2 Å². The molecule has 116 valence electrons. The van der Waals surface area contributed by atoms with Crippen LogP contribution in [-0.4, -0.2) is 31.6 Å². The van der Waals surface area contributed by atoms with Gasteiger partial charge in [0.05, 0.1) is 4.90 Å². The van der Waals surface area contributed by atoms with E-state index in [1.54, 1.807) is 16.4 Å². The molecule has 1 heterocycles. The Kier molecular flexibility index (Phi) is 5.17. The van der Waals surface area contributed by atoms with Gasteiger partial charge in [-0.25, -0.2) is 8.42 Å². The summed E-state index contributed by atoms with van der Waals surface area (Å²) in [6.45, 7) is 4.84. The summed E-state index contributed by atoms with van der Waals surface area (Å²) in [5.74, 6) is 0.598. The van der Waals surface area contributed by atoms with Gasteiger partial charge >= 0.3 is 0 Å². The molecule has 0 spiro atoms. The summed E-state index contributed by atoms with van der Waals surface area (Å²) >= 11 is 0. The fourth-order valence-electron chi connectivity index (χ4n) is 2.86. The lowest BCUT2D eigenvalue weighted by molar-refractivity contribution is 0.101. The standard InChI is InChI=1S/C16H23NO3S/c1-3-4-14-9-11-17(12-10-14)21(19,20)16-7-5-15(6-8-16)13(2)18/h5-8,14H,3-4,9-12H2,1-2H3. The SMILES string of the molecule is CCCC1CCN(S(=O)(=O)c2ccc(C(C)=O)cc2)CC1. The summed E-state index contributed by atoms with van der Waals surface area (Å²) in [7, 11) is -3.42. The number of Topliss-reactive ketones (excluding diaryl/α,β-unsaturated/α-hetero) is 1. The monoisotopic (exact) mass is 309 g/mol. The Morgan fingerprint density at radius 1 is 1.19 bits per heavy atom. The molecule has 0 bridgehead atoms. The Balaban J connectivity index is 2.10. The summed E-state index contributed by atoms with van der Waals surface area (Å²) < 4.78 is 26.7. The Labute approximate surface area is 127 Å². The molecule has 0 atom stereocenters. The van der Waals surface area contributed by atoms with Gasteiger partial charge in [-0.2, -0.15) is 4.31 Å². The lowest BCUT2D eigenvalue weighted by atomic mass is 9.94. The molecule has 0 amide bonds. The zero-order valence-corrected chi connectivity index (χ0v) is 13.5. The van der Waals surface area contributed by atoms with Crippen LogP contribution >= 0.6 is 0 Å². The maximum absolute atomic E-state index is 12.6. The van der Waals surface area contributed by atoms with Crippen molar-refractivity contribution in [3.63, 3.8) is 0 Å². The molecule has 1 fully saturated rings. The van der Waals surface area contributed by atoms with Gasteiger partial charge in [0.2, 0.25) is 10.0 Å². The highest BCUT2D eigenvalue weighted by atomic mass is 32.2. The van der Waals surface area contributed by atoms with Gasteiger partial charge < -0.3 is 0 Å². The molecule has 0 saturated carbocycles. The number of nitrogens with zero attached hydrogens (tertiary/aromatic N) is 1. The predicted octanol–water partition coefficient (Wildman–Crippen LogP) is 3.09. The van der Waals surface area contributed by atoms with E-state index >= 15 is 0 Å². The number of benzene rings is 1. The van der Waals surface area contributed by atoms with Crippen LogP contribution in [0, 0.1) is 5.92 Å². The Morgan fingerprint density at radius 2 is 1.76 bits per heavy atom. The smallest absolute Gasteiger partial charge is 0.243 e. The Morgan fingerprint density at radius 3 is 2.24 bits per heavy atom. The van der Waals surface area contributed by atoms with Crippen LogP contribution in [0.5, 0.6) is 0 Å². The van der Waals surface area contributed by atoms with Crippen LogP contribution in [0.25, 0.3) is 0 Å². The molecule has 0 unspecified atom stereocenters. The van der Waals surface area contributed by atoms with Crippen LogP contribution < -0.4 is 0 Å². The number of sulfonamides is 1. The highest BCUT2D eigenvalue weighted by Crippen LogP contribution is 2.26. The highest BCUT2D eigenvalue weighted by Gasteiger charge is 2.28. The van der Waals surface area contributed by atoms with Crippen LogP contribution in [0.4, 0.5) is 0 Å². The number of carbonyl (C=O) groups excluding carboxylic acids is 1. The van der Waals surface area contributed by atoms with E-state index in [1.165, 1.54) is 25.5 Å². The van der Waals surface area contributed by atoms with Gasteiger partial charge in [-0.1, -0.05) is 31.9 Å². The second-order valence-electron chi connectivity index (χ2n) is 5.72. The van der Waals surface area contributed by atoms with Crippen LogP contribution in [-0.2, 0) is 10.0 Å². The minimum atomic E-state index is -3.42. The maximum Gasteiger partial charge on any atom is 0.243 e. The van der Waals surface area contributed by atoms with E-state index < -0.39 is 10.0 Å². The first-order valence-electron chi connectivity index (χ1n) is 7.56. The predicted molar refractivity (Wildman–Crippen MR) is 82.8 cm³/mol. The maximum atomic E-state index is 12.6. The van der Waals surface area contributed by atoms with Gasteiger partial charge in [-0.15, -0.1) is 0 Å². The van der Waals surface area contributed by atoms with Crippen molar-refractivity contribution in [1.82, 2.24) is 4.31 Å². The molecule has 1 saturated heterocycles. The lowest BCUT2D eigenvalue weighted by Gasteiger charge is -2.31. The minimum absolute atomic E-state index is 0.0562. The first-order valence-corrected chi connectivity index (χ1v) is 9.00. The number of hydrogen-bond acceptors (Lipinski definition) is 3. The lowest BCUT2D eigenvalue weighted by Crippen LogP contribution is -2.38. The van der Waals surface area contributed by atoms with Gasteiger partial charge in [0, 0.05) is 18.7 Å². The number of ketones is 1. The summed E-state index contributed by atoms with van der Waals surface area (Å²) in [6, 6.07) is 6.23. The van der Waals surface area contributed by atoms with E-state index in [1.807, 2.05) is 0 Å². The third-order valence-electron chi connectivity index (χ3n) is 4.17. The molecular weight excluding hydrogens is 286 g/mol. The molecule has 0 aliphatic carbocycles. The van der Waals surface area contributed by atoms with Crippen molar-refractivity contribution in [3.8, 4) is 0 Å². The van der Waals surface area contributed by atoms with Crippen molar-refractivity contribution in [2.24, 2.45) is 5.92 Å². The topological polar surface area (TPSA) is 54.5 Å². The second kappa shape index (κ2) is 6.71. The van der Waals surface area contributed by atoms with Crippen molar-refractivity contribution in [2.75, 3.05) is 13.1 Å². The van der Waals surface area contributed by atoms with Gasteiger partial charge in [-0.05, 0) is 37.8 Å². The molecule has 0 radical (unpaired) electrons. The van der Waals surface area contributed by atoms with Crippen LogP contribution in [0.2, 0.25) is 0 Å². The fraction of sp³-hybridized carbons (Fsp3) is 0.562. The molecule has 1 aromatic carbocycles. The van der Waals surface area contributed by atoms with E-state index in [-0.39, 0.29) is 10.7 Å². The minimum Gasteiger partial charge on any atom is -0.295 e. The molecule has 21 heavy (non-hydrogen) atoms. The first-order chi connectivity index (χ1) is 9.95. The zero-order valence-electron chi connectivity index (χ0n) is 12.7. The van der Waals surface area contributed by atoms with Gasteiger partial charge in [0.25, 0.3) is 0 Å². The second-order valence-corrected chi connectivity index (χ2v) is 7.65. The number of carbonyl (C=O) groups is 1. The van der Waals surface area contributed by atoms with E-state index in [0.29, 0.717) is 24.6 Å².